The van der Waals surface area contributed by atoms with Crippen molar-refractivity contribution in [2.45, 2.75) is 20.3 Å². The molecule has 2 N–H and O–H groups in total. The van der Waals surface area contributed by atoms with Gasteiger partial charge in [-0.15, -0.1) is 0 Å². The van der Waals surface area contributed by atoms with Gasteiger partial charge in [0.05, 0.1) is 5.92 Å². The van der Waals surface area contributed by atoms with E-state index in [-0.39, 0.29) is 18.9 Å². The number of ether oxygens (including phenoxy) is 1. The van der Waals surface area contributed by atoms with Gasteiger partial charge in [0.25, 0.3) is 5.91 Å². The molecule has 0 saturated carbocycles. The van der Waals surface area contributed by atoms with Crippen molar-refractivity contribution in [1.82, 2.24) is 5.32 Å². The van der Waals surface area contributed by atoms with Gasteiger partial charge in [-0.05, 0) is 43.2 Å². The molecule has 1 atom stereocenters. The number of amides is 4. The van der Waals surface area contributed by atoms with Crippen LogP contribution in [0.15, 0.2) is 48.5 Å². The SMILES string of the molecule is Cc1cccc(N2C[C@H](C(=O)OCC(=O)NC(=O)Nc3ccccc3)CC2=O)c1C. The van der Waals surface area contributed by atoms with Crippen LogP contribution in [0.3, 0.4) is 0 Å². The summed E-state index contributed by atoms with van der Waals surface area (Å²) in [7, 11) is 0. The Morgan fingerprint density at radius 2 is 1.80 bits per heavy atom. The van der Waals surface area contributed by atoms with Crippen LogP contribution in [-0.2, 0) is 19.1 Å². The average molecular weight is 409 g/mol. The Labute approximate surface area is 174 Å². The topological polar surface area (TPSA) is 105 Å². The zero-order valence-electron chi connectivity index (χ0n) is 16.8. The van der Waals surface area contributed by atoms with Crippen molar-refractivity contribution < 1.29 is 23.9 Å². The van der Waals surface area contributed by atoms with Gasteiger partial charge in [-0.3, -0.25) is 19.7 Å². The number of para-hydroxylation sites is 1. The number of nitrogens with one attached hydrogen (secondary N) is 2. The molecule has 2 aromatic carbocycles. The fourth-order valence-electron chi connectivity index (χ4n) is 3.23. The second-order valence-electron chi connectivity index (χ2n) is 7.10. The van der Waals surface area contributed by atoms with E-state index in [0.29, 0.717) is 5.69 Å². The largest absolute Gasteiger partial charge is 0.455 e. The standard InChI is InChI=1S/C22H23N3O5/c1-14-7-6-10-18(15(14)2)25-12-16(11-20(25)27)21(28)30-13-19(26)24-22(29)23-17-8-4-3-5-9-17/h3-10,16H,11-13H2,1-2H3,(H2,23,24,26,29)/t16-/m1/s1. The third kappa shape index (κ3) is 5.02. The molecule has 30 heavy (non-hydrogen) atoms. The summed E-state index contributed by atoms with van der Waals surface area (Å²) in [5, 5.41) is 4.58. The summed E-state index contributed by atoms with van der Waals surface area (Å²) < 4.78 is 5.02. The molecule has 8 heteroatoms. The monoisotopic (exact) mass is 409 g/mol. The third-order valence-electron chi connectivity index (χ3n) is 4.96. The van der Waals surface area contributed by atoms with Gasteiger partial charge in [0.1, 0.15) is 0 Å². The van der Waals surface area contributed by atoms with Crippen LogP contribution in [0.5, 0.6) is 0 Å². The minimum atomic E-state index is -0.757. The molecule has 156 valence electrons. The molecule has 1 aliphatic heterocycles. The molecule has 0 aliphatic carbocycles. The number of imide groups is 1. The molecule has 1 saturated heterocycles. The average Bonchev–Trinajstić information content (AvgIpc) is 3.10. The van der Waals surface area contributed by atoms with Gasteiger partial charge in [-0.1, -0.05) is 30.3 Å². The molecular weight excluding hydrogens is 386 g/mol. The number of nitrogens with zero attached hydrogens (tertiary/aromatic N) is 1. The number of esters is 1. The molecule has 3 rings (SSSR count). The highest BCUT2D eigenvalue weighted by Crippen LogP contribution is 2.29. The summed E-state index contributed by atoms with van der Waals surface area (Å²) in [4.78, 5) is 49.9. The van der Waals surface area contributed by atoms with E-state index in [2.05, 4.69) is 10.6 Å². The van der Waals surface area contributed by atoms with E-state index in [1.54, 1.807) is 35.2 Å². The quantitative estimate of drug-likeness (QED) is 0.739. The van der Waals surface area contributed by atoms with Crippen molar-refractivity contribution in [2.24, 2.45) is 5.92 Å². The predicted molar refractivity (Wildman–Crippen MR) is 111 cm³/mol. The minimum absolute atomic E-state index is 0.0162. The number of benzene rings is 2. The molecule has 0 radical (unpaired) electrons. The number of aryl methyl sites for hydroxylation is 1. The number of hydrogen-bond donors (Lipinski definition) is 2. The van der Waals surface area contributed by atoms with Gasteiger partial charge in [0.15, 0.2) is 6.61 Å². The first-order valence-electron chi connectivity index (χ1n) is 9.54. The van der Waals surface area contributed by atoms with E-state index in [9.17, 15) is 19.2 Å². The highest BCUT2D eigenvalue weighted by molar-refractivity contribution is 6.02. The van der Waals surface area contributed by atoms with E-state index in [1.807, 2.05) is 32.0 Å². The minimum Gasteiger partial charge on any atom is -0.455 e. The lowest BCUT2D eigenvalue weighted by Crippen LogP contribution is -2.37. The molecule has 0 unspecified atom stereocenters. The van der Waals surface area contributed by atoms with Gasteiger partial charge >= 0.3 is 12.0 Å². The molecule has 0 bridgehead atoms. The first kappa shape index (κ1) is 21.0. The summed E-state index contributed by atoms with van der Waals surface area (Å²) in [5.41, 5.74) is 3.32. The maximum absolute atomic E-state index is 12.4. The number of hydrogen-bond acceptors (Lipinski definition) is 5. The molecule has 1 aliphatic rings. The Balaban J connectivity index is 1.49. The molecule has 0 aromatic heterocycles. The Kier molecular flexibility index (Phi) is 6.46. The number of urea groups is 1. The zero-order chi connectivity index (χ0) is 21.7. The van der Waals surface area contributed by atoms with Gasteiger partial charge < -0.3 is 15.0 Å². The maximum atomic E-state index is 12.4. The highest BCUT2D eigenvalue weighted by Gasteiger charge is 2.37. The van der Waals surface area contributed by atoms with E-state index >= 15 is 0 Å². The van der Waals surface area contributed by atoms with Gasteiger partial charge in [-0.2, -0.15) is 0 Å². The molecule has 1 heterocycles. The van der Waals surface area contributed by atoms with Crippen LogP contribution in [-0.4, -0.2) is 37.0 Å². The fraction of sp³-hybridized carbons (Fsp3) is 0.273. The van der Waals surface area contributed by atoms with Gasteiger partial charge in [0.2, 0.25) is 5.91 Å². The lowest BCUT2D eigenvalue weighted by atomic mass is 10.1. The lowest BCUT2D eigenvalue weighted by Gasteiger charge is -2.20. The fourth-order valence-corrected chi connectivity index (χ4v) is 3.23. The zero-order valence-corrected chi connectivity index (χ0v) is 16.8. The van der Waals surface area contributed by atoms with Crippen molar-refractivity contribution in [1.29, 1.82) is 0 Å². The van der Waals surface area contributed by atoms with Crippen LogP contribution in [0.4, 0.5) is 16.2 Å². The van der Waals surface area contributed by atoms with Crippen LogP contribution in [0, 0.1) is 19.8 Å². The van der Waals surface area contributed by atoms with E-state index in [4.69, 9.17) is 4.74 Å². The lowest BCUT2D eigenvalue weighted by molar-refractivity contribution is -0.152. The van der Waals surface area contributed by atoms with Crippen molar-refractivity contribution >= 4 is 35.2 Å². The molecule has 2 aromatic rings. The van der Waals surface area contributed by atoms with Crippen LogP contribution < -0.4 is 15.5 Å². The Bertz CT molecular complexity index is 974. The van der Waals surface area contributed by atoms with Gasteiger partial charge in [0, 0.05) is 24.3 Å². The van der Waals surface area contributed by atoms with Crippen LogP contribution in [0.25, 0.3) is 0 Å². The predicted octanol–water partition coefficient (Wildman–Crippen LogP) is 2.55. The van der Waals surface area contributed by atoms with Crippen molar-refractivity contribution in [3.05, 3.63) is 59.7 Å². The van der Waals surface area contributed by atoms with Crippen molar-refractivity contribution in [3.63, 3.8) is 0 Å². The van der Waals surface area contributed by atoms with Crippen LogP contribution >= 0.6 is 0 Å². The van der Waals surface area contributed by atoms with Crippen molar-refractivity contribution in [2.75, 3.05) is 23.4 Å². The molecule has 0 spiro atoms. The van der Waals surface area contributed by atoms with E-state index in [0.717, 1.165) is 16.8 Å². The third-order valence-corrected chi connectivity index (χ3v) is 4.96. The van der Waals surface area contributed by atoms with E-state index < -0.39 is 30.4 Å². The van der Waals surface area contributed by atoms with Crippen molar-refractivity contribution in [3.8, 4) is 0 Å². The number of anilines is 2. The van der Waals surface area contributed by atoms with Crippen LogP contribution in [0.2, 0.25) is 0 Å². The normalized spacial score (nSPS) is 15.6. The summed E-state index contributed by atoms with van der Waals surface area (Å²) in [5.74, 6) is -2.23. The summed E-state index contributed by atoms with van der Waals surface area (Å²) in [6.45, 7) is 3.47. The Hall–Kier alpha value is -3.68. The summed E-state index contributed by atoms with van der Waals surface area (Å²) in [6, 6.07) is 13.5. The number of rotatable bonds is 5. The number of carbonyl (C=O) groups excluding carboxylic acids is 4. The first-order valence-corrected chi connectivity index (χ1v) is 9.54. The molecular formula is C22H23N3O5. The summed E-state index contributed by atoms with van der Waals surface area (Å²) in [6.07, 6.45) is 0.0162. The molecule has 8 nitrogen and oxygen atoms in total. The van der Waals surface area contributed by atoms with Gasteiger partial charge in [-0.25, -0.2) is 4.79 Å². The summed E-state index contributed by atoms with van der Waals surface area (Å²) >= 11 is 0. The smallest absolute Gasteiger partial charge is 0.325 e. The second-order valence-corrected chi connectivity index (χ2v) is 7.10. The maximum Gasteiger partial charge on any atom is 0.325 e. The van der Waals surface area contributed by atoms with Crippen LogP contribution in [0.1, 0.15) is 17.5 Å². The molecule has 4 amide bonds. The Morgan fingerprint density at radius 1 is 1.07 bits per heavy atom. The Morgan fingerprint density at radius 3 is 2.53 bits per heavy atom. The first-order chi connectivity index (χ1) is 14.3. The highest BCUT2D eigenvalue weighted by atomic mass is 16.5. The molecule has 1 fully saturated rings. The number of carbonyl (C=O) groups is 4. The second kappa shape index (κ2) is 9.21. The van der Waals surface area contributed by atoms with E-state index in [1.165, 1.54) is 0 Å².